The molecule has 6 nitrogen and oxygen atoms in total. The van der Waals surface area contributed by atoms with Gasteiger partial charge in [0.25, 0.3) is 0 Å². The highest BCUT2D eigenvalue weighted by molar-refractivity contribution is 7.98. The summed E-state index contributed by atoms with van der Waals surface area (Å²) >= 11 is 7.48. The van der Waals surface area contributed by atoms with E-state index in [2.05, 4.69) is 15.3 Å². The second-order valence-corrected chi connectivity index (χ2v) is 4.98. The van der Waals surface area contributed by atoms with Crippen molar-refractivity contribution in [1.29, 1.82) is 0 Å². The molecule has 0 saturated carbocycles. The molecule has 0 unspecified atom stereocenters. The molecule has 1 aromatic rings. The van der Waals surface area contributed by atoms with Gasteiger partial charge in [0, 0.05) is 6.54 Å². The third kappa shape index (κ3) is 4.30. The van der Waals surface area contributed by atoms with Gasteiger partial charge >= 0.3 is 5.69 Å². The summed E-state index contributed by atoms with van der Waals surface area (Å²) in [6.07, 6.45) is 4.03. The largest absolute Gasteiger partial charge is 0.364 e. The number of rotatable bonds is 7. The summed E-state index contributed by atoms with van der Waals surface area (Å²) in [5.41, 5.74) is 0.163. The first-order valence-corrected chi connectivity index (χ1v) is 7.24. The molecular formula is C10H15ClN4O2S. The Morgan fingerprint density at radius 2 is 2.17 bits per heavy atom. The Labute approximate surface area is 115 Å². The van der Waals surface area contributed by atoms with E-state index in [9.17, 15) is 10.1 Å². The van der Waals surface area contributed by atoms with Crippen molar-refractivity contribution in [1.82, 2.24) is 9.97 Å². The monoisotopic (exact) mass is 290 g/mol. The van der Waals surface area contributed by atoms with Crippen molar-refractivity contribution in [3.05, 3.63) is 21.1 Å². The number of anilines is 1. The van der Waals surface area contributed by atoms with Gasteiger partial charge in [-0.1, -0.05) is 0 Å². The Hall–Kier alpha value is -1.08. The molecule has 1 heterocycles. The van der Waals surface area contributed by atoms with Crippen LogP contribution in [0, 0.1) is 17.0 Å². The van der Waals surface area contributed by atoms with Gasteiger partial charge in [0.15, 0.2) is 0 Å². The van der Waals surface area contributed by atoms with E-state index in [-0.39, 0.29) is 22.5 Å². The normalized spacial score (nSPS) is 10.4. The molecule has 0 amide bonds. The number of aryl methyl sites for hydroxylation is 1. The predicted molar refractivity (Wildman–Crippen MR) is 74.5 cm³/mol. The van der Waals surface area contributed by atoms with Crippen LogP contribution in [0.3, 0.4) is 0 Å². The fourth-order valence-corrected chi connectivity index (χ4v) is 2.16. The Kier molecular flexibility index (Phi) is 6.14. The molecule has 0 radical (unpaired) electrons. The smallest absolute Gasteiger partial charge is 0.332 e. The lowest BCUT2D eigenvalue weighted by Gasteiger charge is -2.07. The van der Waals surface area contributed by atoms with Gasteiger partial charge in [-0.2, -0.15) is 16.7 Å². The second kappa shape index (κ2) is 7.38. The van der Waals surface area contributed by atoms with Crippen LogP contribution in [0.2, 0.25) is 5.28 Å². The highest BCUT2D eigenvalue weighted by atomic mass is 35.5. The highest BCUT2D eigenvalue weighted by Gasteiger charge is 2.21. The van der Waals surface area contributed by atoms with Crippen LogP contribution in [0.4, 0.5) is 11.5 Å². The lowest BCUT2D eigenvalue weighted by Crippen LogP contribution is -2.09. The van der Waals surface area contributed by atoms with Crippen LogP contribution < -0.4 is 5.32 Å². The fraction of sp³-hybridized carbons (Fsp3) is 0.600. The Morgan fingerprint density at radius 1 is 1.44 bits per heavy atom. The molecule has 0 bridgehead atoms. The van der Waals surface area contributed by atoms with Crippen molar-refractivity contribution < 1.29 is 4.92 Å². The van der Waals surface area contributed by atoms with Crippen LogP contribution >= 0.6 is 23.4 Å². The zero-order chi connectivity index (χ0) is 13.5. The Morgan fingerprint density at radius 3 is 2.78 bits per heavy atom. The second-order valence-electron chi connectivity index (χ2n) is 3.66. The lowest BCUT2D eigenvalue weighted by atomic mass is 10.3. The molecule has 1 N–H and O–H groups in total. The standard InChI is InChI=1S/C10H15ClN4O2S/c1-7-8(15(16)17)9(14-10(11)13-7)12-5-3-4-6-18-2/h3-6H2,1-2H3,(H,12,13,14). The van der Waals surface area contributed by atoms with E-state index in [1.165, 1.54) is 0 Å². The summed E-state index contributed by atoms with van der Waals surface area (Å²) in [5.74, 6) is 1.27. The van der Waals surface area contributed by atoms with Crippen LogP contribution in [-0.2, 0) is 0 Å². The molecule has 18 heavy (non-hydrogen) atoms. The van der Waals surface area contributed by atoms with Crippen molar-refractivity contribution in [2.45, 2.75) is 19.8 Å². The maximum atomic E-state index is 10.9. The fourth-order valence-electron chi connectivity index (χ4n) is 1.45. The number of nitrogens with one attached hydrogen (secondary N) is 1. The predicted octanol–water partition coefficient (Wildman–Crippen LogP) is 2.90. The van der Waals surface area contributed by atoms with Crippen LogP contribution in [0.1, 0.15) is 18.5 Å². The molecule has 0 aliphatic rings. The summed E-state index contributed by atoms with van der Waals surface area (Å²) < 4.78 is 0. The molecule has 0 fully saturated rings. The van der Waals surface area contributed by atoms with Gasteiger partial charge in [0.1, 0.15) is 5.69 Å². The SMILES string of the molecule is CSCCCCNc1nc(Cl)nc(C)c1[N+](=O)[O-]. The molecule has 1 rings (SSSR count). The first-order chi connectivity index (χ1) is 8.56. The van der Waals surface area contributed by atoms with Gasteiger partial charge < -0.3 is 5.32 Å². The zero-order valence-corrected chi connectivity index (χ0v) is 11.8. The molecular weight excluding hydrogens is 276 g/mol. The minimum atomic E-state index is -0.490. The first kappa shape index (κ1) is 15.0. The van der Waals surface area contributed by atoms with Crippen molar-refractivity contribution in [2.75, 3.05) is 23.9 Å². The topological polar surface area (TPSA) is 81.0 Å². The molecule has 0 atom stereocenters. The van der Waals surface area contributed by atoms with E-state index in [0.29, 0.717) is 6.54 Å². The molecule has 0 spiro atoms. The minimum absolute atomic E-state index is 0.0183. The van der Waals surface area contributed by atoms with Gasteiger partial charge in [0.2, 0.25) is 11.1 Å². The molecule has 0 aliphatic carbocycles. The van der Waals surface area contributed by atoms with E-state index < -0.39 is 4.92 Å². The number of hydrogen-bond acceptors (Lipinski definition) is 6. The van der Waals surface area contributed by atoms with E-state index >= 15 is 0 Å². The van der Waals surface area contributed by atoms with Crippen LogP contribution in [0.15, 0.2) is 0 Å². The van der Waals surface area contributed by atoms with Crippen LogP contribution in [0.5, 0.6) is 0 Å². The molecule has 0 saturated heterocycles. The Bertz CT molecular complexity index is 431. The highest BCUT2D eigenvalue weighted by Crippen LogP contribution is 2.26. The quantitative estimate of drug-likeness (QED) is 0.360. The van der Waals surface area contributed by atoms with E-state index in [0.717, 1.165) is 18.6 Å². The van der Waals surface area contributed by atoms with Gasteiger partial charge in [-0.25, -0.2) is 4.98 Å². The number of nitro groups is 1. The van der Waals surface area contributed by atoms with E-state index in [1.54, 1.807) is 18.7 Å². The van der Waals surface area contributed by atoms with Gasteiger partial charge in [-0.3, -0.25) is 10.1 Å². The number of halogens is 1. The van der Waals surface area contributed by atoms with Crippen molar-refractivity contribution >= 4 is 34.9 Å². The Balaban J connectivity index is 2.71. The summed E-state index contributed by atoms with van der Waals surface area (Å²) in [4.78, 5) is 18.1. The van der Waals surface area contributed by atoms with E-state index in [4.69, 9.17) is 11.6 Å². The van der Waals surface area contributed by atoms with Crippen LogP contribution in [0.25, 0.3) is 0 Å². The number of thioether (sulfide) groups is 1. The van der Waals surface area contributed by atoms with Gasteiger partial charge in [-0.05, 0) is 43.4 Å². The minimum Gasteiger partial charge on any atom is -0.364 e. The molecule has 0 aromatic carbocycles. The maximum absolute atomic E-state index is 10.9. The number of aromatic nitrogens is 2. The molecule has 8 heteroatoms. The average molecular weight is 291 g/mol. The third-order valence-corrected chi connectivity index (χ3v) is 3.15. The van der Waals surface area contributed by atoms with Crippen molar-refractivity contribution in [2.24, 2.45) is 0 Å². The number of unbranched alkanes of at least 4 members (excludes halogenated alkanes) is 1. The summed E-state index contributed by atoms with van der Waals surface area (Å²) in [5, 5.41) is 13.9. The average Bonchev–Trinajstić information content (AvgIpc) is 2.27. The molecule has 100 valence electrons. The molecule has 1 aromatic heterocycles. The van der Waals surface area contributed by atoms with E-state index in [1.807, 2.05) is 6.26 Å². The number of hydrogen-bond donors (Lipinski definition) is 1. The summed E-state index contributed by atoms with van der Waals surface area (Å²) in [6, 6.07) is 0. The third-order valence-electron chi connectivity index (χ3n) is 2.28. The van der Waals surface area contributed by atoms with Gasteiger partial charge in [0.05, 0.1) is 4.92 Å². The van der Waals surface area contributed by atoms with Crippen LogP contribution in [-0.4, -0.2) is 33.4 Å². The number of nitrogens with zero attached hydrogens (tertiary/aromatic N) is 3. The summed E-state index contributed by atoms with van der Waals surface area (Å²) in [7, 11) is 0. The van der Waals surface area contributed by atoms with Gasteiger partial charge in [-0.15, -0.1) is 0 Å². The maximum Gasteiger partial charge on any atom is 0.332 e. The van der Waals surface area contributed by atoms with Crippen molar-refractivity contribution in [3.63, 3.8) is 0 Å². The molecule has 0 aliphatic heterocycles. The summed E-state index contributed by atoms with van der Waals surface area (Å²) in [6.45, 7) is 2.18. The first-order valence-electron chi connectivity index (χ1n) is 5.47. The lowest BCUT2D eigenvalue weighted by molar-refractivity contribution is -0.385. The van der Waals surface area contributed by atoms with Crippen molar-refractivity contribution in [3.8, 4) is 0 Å². The zero-order valence-electron chi connectivity index (χ0n) is 10.3.